The zero-order valence-electron chi connectivity index (χ0n) is 11.4. The molecule has 92 valence electrons. The summed E-state index contributed by atoms with van der Waals surface area (Å²) in [4.78, 5) is 2.44. The summed E-state index contributed by atoms with van der Waals surface area (Å²) in [5.74, 6) is 3.27. The van der Waals surface area contributed by atoms with Crippen LogP contribution in [0.15, 0.2) is 35.7 Å². The molecule has 4 aliphatic rings. The van der Waals surface area contributed by atoms with Crippen LogP contribution in [-0.4, -0.2) is 10.9 Å². The van der Waals surface area contributed by atoms with E-state index in [1.54, 1.807) is 5.57 Å². The molecule has 1 nitrogen and oxygen atoms in total. The first-order chi connectivity index (χ1) is 8.09. The minimum atomic E-state index is 0.558. The van der Waals surface area contributed by atoms with Gasteiger partial charge in [0.2, 0.25) is 0 Å². The van der Waals surface area contributed by atoms with E-state index in [0.29, 0.717) is 6.04 Å². The number of hydrogen-bond acceptors (Lipinski definition) is 1. The second-order valence-corrected chi connectivity index (χ2v) is 6.21. The fraction of sp³-hybridized carbons (Fsp3) is 0.625. The molecule has 3 aliphatic carbocycles. The molecule has 0 aromatic carbocycles. The van der Waals surface area contributed by atoms with Gasteiger partial charge in [0, 0.05) is 17.9 Å². The largest absolute Gasteiger partial charge is 0.346 e. The third-order valence-electron chi connectivity index (χ3n) is 4.94. The standard InChI is InChI=1S/C16H23N/c1-10(2)17-7-5-6-13-8-14-11(3)15(12(14)4)9-16(13)17/h5,7-12,14-15H,6H2,1-4H3. The van der Waals surface area contributed by atoms with Crippen molar-refractivity contribution >= 4 is 0 Å². The van der Waals surface area contributed by atoms with Gasteiger partial charge in [0.05, 0.1) is 0 Å². The average molecular weight is 229 g/mol. The molecule has 0 spiro atoms. The molecule has 1 fully saturated rings. The van der Waals surface area contributed by atoms with Gasteiger partial charge in [-0.2, -0.15) is 0 Å². The smallest absolute Gasteiger partial charge is 0.0403 e. The molecule has 0 N–H and O–H groups in total. The molecular weight excluding hydrogens is 206 g/mol. The first kappa shape index (κ1) is 11.1. The first-order valence-electron chi connectivity index (χ1n) is 6.97. The maximum Gasteiger partial charge on any atom is 0.0403 e. The lowest BCUT2D eigenvalue weighted by atomic mass is 9.59. The van der Waals surface area contributed by atoms with Crippen LogP contribution in [0.1, 0.15) is 34.1 Å². The summed E-state index contributed by atoms with van der Waals surface area (Å²) in [6.45, 7) is 9.37. The van der Waals surface area contributed by atoms with E-state index in [9.17, 15) is 0 Å². The van der Waals surface area contributed by atoms with Gasteiger partial charge in [-0.05, 0) is 49.5 Å². The van der Waals surface area contributed by atoms with Crippen molar-refractivity contribution < 1.29 is 0 Å². The molecule has 2 bridgehead atoms. The zero-order valence-corrected chi connectivity index (χ0v) is 11.4. The van der Waals surface area contributed by atoms with E-state index in [2.05, 4.69) is 57.0 Å². The van der Waals surface area contributed by atoms with Crippen molar-refractivity contribution in [1.82, 2.24) is 4.90 Å². The number of rotatable bonds is 1. The highest BCUT2D eigenvalue weighted by atomic mass is 15.1. The SMILES string of the molecule is CC1C2C=C3CC=CN(C(C)C)C3=CC1C2C. The summed E-state index contributed by atoms with van der Waals surface area (Å²) in [5, 5.41) is 0. The number of hydrogen-bond donors (Lipinski definition) is 0. The van der Waals surface area contributed by atoms with Gasteiger partial charge in [0.1, 0.15) is 0 Å². The zero-order chi connectivity index (χ0) is 12.2. The molecule has 2 unspecified atom stereocenters. The fourth-order valence-electron chi connectivity index (χ4n) is 3.79. The molecular formula is C16H23N. The third-order valence-corrected chi connectivity index (χ3v) is 4.94. The molecule has 1 heterocycles. The van der Waals surface area contributed by atoms with Crippen molar-refractivity contribution in [2.45, 2.75) is 40.2 Å². The van der Waals surface area contributed by atoms with Gasteiger partial charge < -0.3 is 4.90 Å². The Balaban J connectivity index is 2.03. The monoisotopic (exact) mass is 229 g/mol. The van der Waals surface area contributed by atoms with Gasteiger partial charge in [-0.1, -0.05) is 32.1 Å². The second-order valence-electron chi connectivity index (χ2n) is 6.21. The molecule has 2 atom stereocenters. The Labute approximate surface area is 105 Å². The molecule has 4 rings (SSSR count). The lowest BCUT2D eigenvalue weighted by molar-refractivity contribution is 0.0763. The molecule has 0 aromatic heterocycles. The van der Waals surface area contributed by atoms with Crippen LogP contribution in [0.3, 0.4) is 0 Å². The lowest BCUT2D eigenvalue weighted by Crippen LogP contribution is -2.41. The van der Waals surface area contributed by atoms with E-state index in [1.165, 1.54) is 5.70 Å². The maximum atomic E-state index is 2.56. The molecule has 17 heavy (non-hydrogen) atoms. The van der Waals surface area contributed by atoms with Crippen molar-refractivity contribution in [3.05, 3.63) is 35.7 Å². The van der Waals surface area contributed by atoms with Crippen LogP contribution in [0.4, 0.5) is 0 Å². The van der Waals surface area contributed by atoms with Gasteiger partial charge in [0.15, 0.2) is 0 Å². The Hall–Kier alpha value is -0.980. The van der Waals surface area contributed by atoms with Gasteiger partial charge in [-0.3, -0.25) is 0 Å². The highest BCUT2D eigenvalue weighted by Gasteiger charge is 2.45. The highest BCUT2D eigenvalue weighted by Crippen LogP contribution is 2.52. The molecule has 0 radical (unpaired) electrons. The van der Waals surface area contributed by atoms with Gasteiger partial charge >= 0.3 is 0 Å². The van der Waals surface area contributed by atoms with E-state index in [1.807, 2.05) is 0 Å². The van der Waals surface area contributed by atoms with E-state index in [-0.39, 0.29) is 0 Å². The Kier molecular flexibility index (Phi) is 2.46. The van der Waals surface area contributed by atoms with Gasteiger partial charge in [-0.15, -0.1) is 0 Å². The molecule has 1 saturated carbocycles. The topological polar surface area (TPSA) is 3.24 Å². The molecule has 1 aliphatic heterocycles. The van der Waals surface area contributed by atoms with Gasteiger partial charge in [0.25, 0.3) is 0 Å². The summed E-state index contributed by atoms with van der Waals surface area (Å²) in [6.07, 6.45) is 10.8. The molecule has 0 amide bonds. The number of allylic oxidation sites excluding steroid dienone is 4. The summed E-state index contributed by atoms with van der Waals surface area (Å²) in [7, 11) is 0. The van der Waals surface area contributed by atoms with Crippen molar-refractivity contribution in [3.8, 4) is 0 Å². The Morgan fingerprint density at radius 2 is 1.76 bits per heavy atom. The third kappa shape index (κ3) is 1.51. The van der Waals surface area contributed by atoms with Crippen LogP contribution < -0.4 is 0 Å². The summed E-state index contributed by atoms with van der Waals surface area (Å²) in [6, 6.07) is 0.558. The van der Waals surface area contributed by atoms with Crippen molar-refractivity contribution in [1.29, 1.82) is 0 Å². The predicted octanol–water partition coefficient (Wildman–Crippen LogP) is 3.96. The van der Waals surface area contributed by atoms with Crippen molar-refractivity contribution in [2.75, 3.05) is 0 Å². The molecule has 0 aromatic rings. The van der Waals surface area contributed by atoms with E-state index < -0.39 is 0 Å². The molecule has 1 heteroatoms. The summed E-state index contributed by atoms with van der Waals surface area (Å²) in [5.41, 5.74) is 3.05. The normalized spacial score (nSPS) is 39.2. The Morgan fingerprint density at radius 3 is 2.41 bits per heavy atom. The van der Waals surface area contributed by atoms with Crippen molar-refractivity contribution in [3.63, 3.8) is 0 Å². The Morgan fingerprint density at radius 1 is 1.12 bits per heavy atom. The first-order valence-corrected chi connectivity index (χ1v) is 6.97. The predicted molar refractivity (Wildman–Crippen MR) is 72.2 cm³/mol. The quantitative estimate of drug-likeness (QED) is 0.658. The minimum absolute atomic E-state index is 0.558. The van der Waals surface area contributed by atoms with Crippen LogP contribution in [0.25, 0.3) is 0 Å². The minimum Gasteiger partial charge on any atom is -0.346 e. The van der Waals surface area contributed by atoms with Crippen LogP contribution in [0.5, 0.6) is 0 Å². The average Bonchev–Trinajstić information content (AvgIpc) is 2.56. The molecule has 0 saturated heterocycles. The van der Waals surface area contributed by atoms with Gasteiger partial charge in [-0.25, -0.2) is 0 Å². The van der Waals surface area contributed by atoms with Crippen LogP contribution in [-0.2, 0) is 0 Å². The fourth-order valence-corrected chi connectivity index (χ4v) is 3.79. The van der Waals surface area contributed by atoms with Crippen molar-refractivity contribution in [2.24, 2.45) is 23.7 Å². The Bertz CT molecular complexity index is 403. The van der Waals surface area contributed by atoms with Crippen LogP contribution in [0.2, 0.25) is 0 Å². The maximum absolute atomic E-state index is 2.56. The van der Waals surface area contributed by atoms with E-state index in [4.69, 9.17) is 0 Å². The van der Waals surface area contributed by atoms with Crippen LogP contribution >= 0.6 is 0 Å². The van der Waals surface area contributed by atoms with E-state index >= 15 is 0 Å². The lowest BCUT2D eigenvalue weighted by Gasteiger charge is -2.46. The summed E-state index contributed by atoms with van der Waals surface area (Å²) >= 11 is 0. The van der Waals surface area contributed by atoms with E-state index in [0.717, 1.165) is 30.1 Å². The highest BCUT2D eigenvalue weighted by molar-refractivity contribution is 5.41. The summed E-state index contributed by atoms with van der Waals surface area (Å²) < 4.78 is 0. The van der Waals surface area contributed by atoms with Crippen LogP contribution in [0, 0.1) is 23.7 Å². The number of nitrogens with zero attached hydrogens (tertiary/aromatic N) is 1. The second kappa shape index (κ2) is 3.76.